The predicted octanol–water partition coefficient (Wildman–Crippen LogP) is 4.26. The largest absolute Gasteiger partial charge is 0.306 e. The van der Waals surface area contributed by atoms with Gasteiger partial charge in [-0.15, -0.1) is 11.3 Å². The Hall–Kier alpha value is -1.12. The summed E-state index contributed by atoms with van der Waals surface area (Å²) in [6.07, 6.45) is 3.64. The highest BCUT2D eigenvalue weighted by Gasteiger charge is 2.20. The summed E-state index contributed by atoms with van der Waals surface area (Å²) in [4.78, 5) is 2.86. The summed E-state index contributed by atoms with van der Waals surface area (Å²) in [5, 5.41) is 3.80. The van der Waals surface area contributed by atoms with Gasteiger partial charge < -0.3 is 5.32 Å². The van der Waals surface area contributed by atoms with Gasteiger partial charge in [-0.1, -0.05) is 24.3 Å². The first kappa shape index (κ1) is 12.9. The van der Waals surface area contributed by atoms with Crippen molar-refractivity contribution >= 4 is 11.3 Å². The smallest absolute Gasteiger partial charge is 0.0388 e. The minimum Gasteiger partial charge on any atom is -0.306 e. The number of fused-ring (bicyclic) bond motifs is 1. The Morgan fingerprint density at radius 1 is 1.16 bits per heavy atom. The second-order valence-corrected chi connectivity index (χ2v) is 6.86. The van der Waals surface area contributed by atoms with E-state index in [9.17, 15) is 0 Å². The molecule has 0 bridgehead atoms. The standard InChI is InChI=1S/C17H21NS/c1-12-7-10-17(19-12)13(2)18-16-9-8-14-5-3-4-6-15(14)11-16/h3-7,10,13,16,18H,8-9,11H2,1-2H3. The maximum Gasteiger partial charge on any atom is 0.0388 e. The highest BCUT2D eigenvalue weighted by atomic mass is 32.1. The van der Waals surface area contributed by atoms with Gasteiger partial charge in [0.2, 0.25) is 0 Å². The Labute approximate surface area is 119 Å². The molecule has 0 fully saturated rings. The quantitative estimate of drug-likeness (QED) is 0.879. The summed E-state index contributed by atoms with van der Waals surface area (Å²) in [6.45, 7) is 4.46. The van der Waals surface area contributed by atoms with Crippen LogP contribution in [0.1, 0.15) is 40.3 Å². The van der Waals surface area contributed by atoms with E-state index in [0.717, 1.165) is 0 Å². The van der Waals surface area contributed by atoms with E-state index >= 15 is 0 Å². The highest BCUT2D eigenvalue weighted by molar-refractivity contribution is 7.12. The normalized spacial score (nSPS) is 20.0. The van der Waals surface area contributed by atoms with Crippen LogP contribution in [0.4, 0.5) is 0 Å². The summed E-state index contributed by atoms with van der Waals surface area (Å²) >= 11 is 1.91. The van der Waals surface area contributed by atoms with E-state index in [1.807, 2.05) is 11.3 Å². The lowest BCUT2D eigenvalue weighted by Gasteiger charge is -2.28. The zero-order valence-corrected chi connectivity index (χ0v) is 12.5. The zero-order chi connectivity index (χ0) is 13.2. The minimum absolute atomic E-state index is 0.467. The molecule has 1 heterocycles. The topological polar surface area (TPSA) is 12.0 Å². The Balaban J connectivity index is 1.66. The first-order valence-corrected chi connectivity index (χ1v) is 7.93. The van der Waals surface area contributed by atoms with Crippen LogP contribution in [0, 0.1) is 6.92 Å². The molecule has 1 aliphatic carbocycles. The van der Waals surface area contributed by atoms with Crippen LogP contribution in [0.15, 0.2) is 36.4 Å². The van der Waals surface area contributed by atoms with Crippen molar-refractivity contribution in [3.05, 3.63) is 57.3 Å². The Morgan fingerprint density at radius 3 is 2.68 bits per heavy atom. The van der Waals surface area contributed by atoms with Gasteiger partial charge in [0.25, 0.3) is 0 Å². The molecule has 0 radical (unpaired) electrons. The third-order valence-electron chi connectivity index (χ3n) is 4.02. The monoisotopic (exact) mass is 271 g/mol. The maximum atomic E-state index is 3.80. The van der Waals surface area contributed by atoms with E-state index in [2.05, 4.69) is 55.6 Å². The van der Waals surface area contributed by atoms with Crippen molar-refractivity contribution in [1.82, 2.24) is 5.32 Å². The molecule has 0 spiro atoms. The van der Waals surface area contributed by atoms with E-state index in [1.165, 1.54) is 34.6 Å². The van der Waals surface area contributed by atoms with E-state index < -0.39 is 0 Å². The average molecular weight is 271 g/mol. The van der Waals surface area contributed by atoms with Crippen molar-refractivity contribution in [3.63, 3.8) is 0 Å². The summed E-state index contributed by atoms with van der Waals surface area (Å²) in [7, 11) is 0. The minimum atomic E-state index is 0.467. The fourth-order valence-electron chi connectivity index (χ4n) is 2.96. The molecular formula is C17H21NS. The number of hydrogen-bond acceptors (Lipinski definition) is 2. The van der Waals surface area contributed by atoms with Crippen LogP contribution in [0.2, 0.25) is 0 Å². The van der Waals surface area contributed by atoms with Crippen LogP contribution in [-0.4, -0.2) is 6.04 Å². The van der Waals surface area contributed by atoms with Gasteiger partial charge in [0, 0.05) is 21.8 Å². The van der Waals surface area contributed by atoms with Gasteiger partial charge in [0.15, 0.2) is 0 Å². The van der Waals surface area contributed by atoms with E-state index in [4.69, 9.17) is 0 Å². The molecule has 2 unspecified atom stereocenters. The third-order valence-corrected chi connectivity index (χ3v) is 5.20. The van der Waals surface area contributed by atoms with Gasteiger partial charge in [-0.2, -0.15) is 0 Å². The second kappa shape index (κ2) is 5.48. The number of hydrogen-bond donors (Lipinski definition) is 1. The van der Waals surface area contributed by atoms with Crippen molar-refractivity contribution in [2.75, 3.05) is 0 Å². The molecule has 2 heteroatoms. The Morgan fingerprint density at radius 2 is 1.95 bits per heavy atom. The molecule has 1 aliphatic rings. The van der Waals surface area contributed by atoms with Crippen molar-refractivity contribution < 1.29 is 0 Å². The molecule has 0 aliphatic heterocycles. The molecule has 1 aromatic heterocycles. The molecule has 1 nitrogen and oxygen atoms in total. The Kier molecular flexibility index (Phi) is 3.72. The van der Waals surface area contributed by atoms with Gasteiger partial charge in [-0.05, 0) is 56.4 Å². The maximum absolute atomic E-state index is 3.80. The summed E-state index contributed by atoms with van der Waals surface area (Å²) < 4.78 is 0. The van der Waals surface area contributed by atoms with Crippen molar-refractivity contribution in [3.8, 4) is 0 Å². The average Bonchev–Trinajstić information content (AvgIpc) is 2.85. The molecule has 100 valence electrons. The molecule has 19 heavy (non-hydrogen) atoms. The predicted molar refractivity (Wildman–Crippen MR) is 82.9 cm³/mol. The Bertz CT molecular complexity index is 558. The van der Waals surface area contributed by atoms with Crippen molar-refractivity contribution in [2.45, 2.75) is 45.2 Å². The lowest BCUT2D eigenvalue weighted by molar-refractivity contribution is 0.417. The molecule has 2 atom stereocenters. The van der Waals surface area contributed by atoms with Gasteiger partial charge >= 0.3 is 0 Å². The number of nitrogens with one attached hydrogen (secondary N) is 1. The second-order valence-electron chi connectivity index (χ2n) is 5.55. The molecule has 0 saturated heterocycles. The van der Waals surface area contributed by atoms with E-state index in [1.54, 1.807) is 5.56 Å². The van der Waals surface area contributed by atoms with E-state index in [0.29, 0.717) is 12.1 Å². The first-order valence-electron chi connectivity index (χ1n) is 7.11. The van der Waals surface area contributed by atoms with E-state index in [-0.39, 0.29) is 0 Å². The summed E-state index contributed by atoms with van der Waals surface area (Å²) in [5.41, 5.74) is 3.07. The van der Waals surface area contributed by atoms with Crippen LogP contribution in [0.3, 0.4) is 0 Å². The van der Waals surface area contributed by atoms with Crippen molar-refractivity contribution in [2.24, 2.45) is 0 Å². The fraction of sp³-hybridized carbons (Fsp3) is 0.412. The summed E-state index contributed by atoms with van der Waals surface area (Å²) in [6, 6.07) is 14.4. The first-order chi connectivity index (χ1) is 9.22. The number of aryl methyl sites for hydroxylation is 2. The zero-order valence-electron chi connectivity index (χ0n) is 11.6. The SMILES string of the molecule is Cc1ccc(C(C)NC2CCc3ccccc3C2)s1. The number of benzene rings is 1. The van der Waals surface area contributed by atoms with Crippen LogP contribution < -0.4 is 5.32 Å². The van der Waals surface area contributed by atoms with Gasteiger partial charge in [-0.3, -0.25) is 0 Å². The number of thiophene rings is 1. The molecular weight excluding hydrogens is 250 g/mol. The lowest BCUT2D eigenvalue weighted by Crippen LogP contribution is -2.36. The lowest BCUT2D eigenvalue weighted by atomic mass is 9.88. The molecule has 0 amide bonds. The molecule has 3 rings (SSSR count). The highest BCUT2D eigenvalue weighted by Crippen LogP contribution is 2.26. The van der Waals surface area contributed by atoms with Crippen molar-refractivity contribution in [1.29, 1.82) is 0 Å². The molecule has 1 aromatic carbocycles. The van der Waals surface area contributed by atoms with Crippen LogP contribution >= 0.6 is 11.3 Å². The van der Waals surface area contributed by atoms with Crippen LogP contribution in [-0.2, 0) is 12.8 Å². The van der Waals surface area contributed by atoms with Gasteiger partial charge in [0.05, 0.1) is 0 Å². The van der Waals surface area contributed by atoms with Gasteiger partial charge in [-0.25, -0.2) is 0 Å². The third kappa shape index (κ3) is 2.90. The van der Waals surface area contributed by atoms with Crippen LogP contribution in [0.5, 0.6) is 0 Å². The molecule has 2 aromatic rings. The molecule has 0 saturated carbocycles. The number of rotatable bonds is 3. The fourth-order valence-corrected chi connectivity index (χ4v) is 3.85. The van der Waals surface area contributed by atoms with Crippen LogP contribution in [0.25, 0.3) is 0 Å². The molecule has 1 N–H and O–H groups in total. The summed E-state index contributed by atoms with van der Waals surface area (Å²) in [5.74, 6) is 0. The van der Waals surface area contributed by atoms with Gasteiger partial charge in [0.1, 0.15) is 0 Å².